The van der Waals surface area contributed by atoms with E-state index in [2.05, 4.69) is 18.9 Å². The fraction of sp³-hybridized carbons (Fsp3) is 0.773. The van der Waals surface area contributed by atoms with Gasteiger partial charge in [0.25, 0.3) is 0 Å². The van der Waals surface area contributed by atoms with E-state index in [1.54, 1.807) is 5.57 Å². The van der Waals surface area contributed by atoms with Crippen LogP contribution in [-0.4, -0.2) is 5.78 Å². The van der Waals surface area contributed by atoms with Crippen molar-refractivity contribution in [3.05, 3.63) is 11.6 Å². The average Bonchev–Trinajstić information content (AvgIpc) is 3.42. The normalized spacial score (nSPS) is 61.1. The lowest BCUT2D eigenvalue weighted by Gasteiger charge is -2.54. The van der Waals surface area contributed by atoms with Crippen molar-refractivity contribution in [2.75, 3.05) is 0 Å². The molecule has 0 aromatic rings. The molecule has 1 heteroatoms. The molecule has 0 radical (unpaired) electrons. The van der Waals surface area contributed by atoms with Crippen LogP contribution in [0.15, 0.2) is 11.6 Å². The van der Waals surface area contributed by atoms with E-state index in [1.807, 2.05) is 0 Å². The Morgan fingerprint density at radius 1 is 1.13 bits per heavy atom. The molecular formula is C22H26O. The van der Waals surface area contributed by atoms with Crippen molar-refractivity contribution < 1.29 is 4.79 Å². The smallest absolute Gasteiger partial charge is 0.155 e. The third kappa shape index (κ3) is 1.46. The average molecular weight is 306 g/mol. The summed E-state index contributed by atoms with van der Waals surface area (Å²) in [4.78, 5) is 11.9. The summed E-state index contributed by atoms with van der Waals surface area (Å²) in [7, 11) is 0. The van der Waals surface area contributed by atoms with E-state index in [9.17, 15) is 4.79 Å². The van der Waals surface area contributed by atoms with Crippen LogP contribution >= 0.6 is 0 Å². The molecule has 6 aliphatic rings. The van der Waals surface area contributed by atoms with Gasteiger partial charge in [0.15, 0.2) is 5.78 Å². The Morgan fingerprint density at radius 2 is 2.00 bits per heavy atom. The second-order valence-corrected chi connectivity index (χ2v) is 9.78. The predicted molar refractivity (Wildman–Crippen MR) is 89.1 cm³/mol. The molecule has 5 saturated carbocycles. The number of hydrogen-bond acceptors (Lipinski definition) is 1. The lowest BCUT2D eigenvalue weighted by molar-refractivity contribution is -0.116. The van der Waals surface area contributed by atoms with Crippen LogP contribution in [0.2, 0.25) is 0 Å². The molecule has 0 spiro atoms. The number of terminal acetylenes is 1. The Kier molecular flexibility index (Phi) is 2.29. The molecule has 23 heavy (non-hydrogen) atoms. The molecule has 0 aromatic heterocycles. The Bertz CT molecular complexity index is 681. The first-order chi connectivity index (χ1) is 11.1. The summed E-state index contributed by atoms with van der Waals surface area (Å²) in [6.45, 7) is 2.54. The van der Waals surface area contributed by atoms with Crippen molar-refractivity contribution in [1.82, 2.24) is 0 Å². The van der Waals surface area contributed by atoms with Crippen molar-refractivity contribution in [2.24, 2.45) is 58.7 Å². The maximum Gasteiger partial charge on any atom is 0.155 e. The van der Waals surface area contributed by atoms with E-state index in [0.717, 1.165) is 60.2 Å². The van der Waals surface area contributed by atoms with Crippen LogP contribution in [0.5, 0.6) is 0 Å². The lowest BCUT2D eigenvalue weighted by Crippen LogP contribution is -2.49. The highest BCUT2D eigenvalue weighted by molar-refractivity contribution is 5.91. The van der Waals surface area contributed by atoms with Gasteiger partial charge in [-0.15, -0.1) is 12.3 Å². The molecule has 120 valence electrons. The molecule has 0 N–H and O–H groups in total. The Balaban J connectivity index is 1.42. The van der Waals surface area contributed by atoms with Crippen molar-refractivity contribution in [1.29, 1.82) is 0 Å². The fourth-order valence-electron chi connectivity index (χ4n) is 8.26. The summed E-state index contributed by atoms with van der Waals surface area (Å²) in [6.07, 6.45) is 15.5. The summed E-state index contributed by atoms with van der Waals surface area (Å²) >= 11 is 0. The number of ketones is 1. The minimum absolute atomic E-state index is 0.400. The summed E-state index contributed by atoms with van der Waals surface area (Å²) in [5, 5.41) is 0. The third-order valence-corrected chi connectivity index (χ3v) is 9.09. The van der Waals surface area contributed by atoms with Crippen LogP contribution in [0, 0.1) is 71.0 Å². The number of fused-ring (bicyclic) bond motifs is 10. The third-order valence-electron chi connectivity index (χ3n) is 9.09. The van der Waals surface area contributed by atoms with Crippen LogP contribution in [0.4, 0.5) is 0 Å². The van der Waals surface area contributed by atoms with Gasteiger partial charge in [0.05, 0.1) is 0 Å². The van der Waals surface area contributed by atoms with Gasteiger partial charge in [-0.1, -0.05) is 12.5 Å². The monoisotopic (exact) mass is 306 g/mol. The SMILES string of the molecule is C#C[C@H]1[C@H]2C[C@H]2C2[C@H]3C(CC[C@@]21C)[C@H]1CCC(=O)C=C1[C@@H]1C[C@H]31. The number of hydrogen-bond donors (Lipinski definition) is 0. The van der Waals surface area contributed by atoms with Gasteiger partial charge in [-0.05, 0) is 90.9 Å². The molecule has 10 atom stereocenters. The van der Waals surface area contributed by atoms with Gasteiger partial charge in [0.1, 0.15) is 0 Å². The molecule has 6 rings (SSSR count). The quantitative estimate of drug-likeness (QED) is 0.616. The van der Waals surface area contributed by atoms with Gasteiger partial charge < -0.3 is 0 Å². The van der Waals surface area contributed by atoms with Gasteiger partial charge in [-0.3, -0.25) is 4.79 Å². The predicted octanol–water partition coefficient (Wildman–Crippen LogP) is 4.09. The molecule has 0 aromatic carbocycles. The zero-order valence-corrected chi connectivity index (χ0v) is 14.0. The molecular weight excluding hydrogens is 280 g/mol. The Morgan fingerprint density at radius 3 is 2.83 bits per heavy atom. The maximum absolute atomic E-state index is 11.9. The largest absolute Gasteiger partial charge is 0.295 e. The first-order valence-electron chi connectivity index (χ1n) is 9.84. The van der Waals surface area contributed by atoms with Gasteiger partial charge in [0.2, 0.25) is 0 Å². The number of carbonyl (C=O) groups excluding carboxylic acids is 1. The van der Waals surface area contributed by atoms with Crippen molar-refractivity contribution >= 4 is 5.78 Å². The van der Waals surface area contributed by atoms with E-state index in [4.69, 9.17) is 6.42 Å². The fourth-order valence-corrected chi connectivity index (χ4v) is 8.26. The second kappa shape index (κ2) is 3.96. The number of rotatable bonds is 0. The first-order valence-corrected chi connectivity index (χ1v) is 9.84. The molecule has 1 nitrogen and oxygen atoms in total. The Hall–Kier alpha value is -1.03. The van der Waals surface area contributed by atoms with Crippen molar-refractivity contribution in [2.45, 2.75) is 45.4 Å². The standard InChI is InChI=1S/C22H26O/c1-3-19-16-10-18(16)21-20-13(6-7-22(19,21)2)12-5-4-11(23)8-14(12)15-9-17(15)20/h1,8,12-13,15-21H,4-7,9-10H2,2H3/t12-,13?,15+,16+,17+,18-,19+,20+,21?,22-/m1/s1. The highest BCUT2D eigenvalue weighted by Crippen LogP contribution is 2.77. The molecule has 2 unspecified atom stereocenters. The van der Waals surface area contributed by atoms with Crippen LogP contribution in [0.3, 0.4) is 0 Å². The van der Waals surface area contributed by atoms with E-state index in [0.29, 0.717) is 17.1 Å². The van der Waals surface area contributed by atoms with Gasteiger partial charge in [0, 0.05) is 12.3 Å². The van der Waals surface area contributed by atoms with E-state index < -0.39 is 0 Å². The molecule has 0 heterocycles. The number of carbonyl (C=O) groups is 1. The van der Waals surface area contributed by atoms with Crippen molar-refractivity contribution in [3.8, 4) is 12.3 Å². The molecule has 0 bridgehead atoms. The molecule has 0 amide bonds. The molecule has 5 fully saturated rings. The number of allylic oxidation sites excluding steroid dienone is 1. The van der Waals surface area contributed by atoms with Gasteiger partial charge in [-0.25, -0.2) is 0 Å². The first kappa shape index (κ1) is 13.3. The van der Waals surface area contributed by atoms with Crippen LogP contribution < -0.4 is 0 Å². The minimum atomic E-state index is 0.400. The molecule has 6 aliphatic carbocycles. The zero-order chi connectivity index (χ0) is 15.5. The van der Waals surface area contributed by atoms with Gasteiger partial charge in [-0.2, -0.15) is 0 Å². The second-order valence-electron chi connectivity index (χ2n) is 9.78. The van der Waals surface area contributed by atoms with Gasteiger partial charge >= 0.3 is 0 Å². The van der Waals surface area contributed by atoms with Crippen LogP contribution in [0.1, 0.15) is 45.4 Å². The topological polar surface area (TPSA) is 17.1 Å². The maximum atomic E-state index is 11.9. The molecule has 0 saturated heterocycles. The van der Waals surface area contributed by atoms with E-state index >= 15 is 0 Å². The summed E-state index contributed by atoms with van der Waals surface area (Å²) in [6, 6.07) is 0. The molecule has 0 aliphatic heterocycles. The van der Waals surface area contributed by atoms with Crippen LogP contribution in [0.25, 0.3) is 0 Å². The van der Waals surface area contributed by atoms with E-state index in [-0.39, 0.29) is 0 Å². The summed E-state index contributed by atoms with van der Waals surface area (Å²) in [5.74, 6) is 11.1. The summed E-state index contributed by atoms with van der Waals surface area (Å²) in [5.41, 5.74) is 2.01. The highest BCUT2D eigenvalue weighted by atomic mass is 16.1. The zero-order valence-electron chi connectivity index (χ0n) is 14.0. The van der Waals surface area contributed by atoms with E-state index in [1.165, 1.54) is 25.7 Å². The lowest BCUT2D eigenvalue weighted by atomic mass is 9.50. The van der Waals surface area contributed by atoms with Crippen molar-refractivity contribution in [3.63, 3.8) is 0 Å². The highest BCUT2D eigenvalue weighted by Gasteiger charge is 2.72. The minimum Gasteiger partial charge on any atom is -0.295 e. The summed E-state index contributed by atoms with van der Waals surface area (Å²) < 4.78 is 0. The van der Waals surface area contributed by atoms with Crippen LogP contribution in [-0.2, 0) is 4.79 Å². The Labute approximate surface area is 139 Å².